The lowest BCUT2D eigenvalue weighted by atomic mass is 10.1. The molecule has 0 bridgehead atoms. The van der Waals surface area contributed by atoms with Gasteiger partial charge in [0, 0.05) is 24.8 Å². The van der Waals surface area contributed by atoms with Crippen molar-refractivity contribution in [3.63, 3.8) is 0 Å². The topological polar surface area (TPSA) is 68.2 Å². The number of ether oxygens (including phenoxy) is 1. The van der Waals surface area contributed by atoms with Crippen molar-refractivity contribution in [2.75, 3.05) is 19.0 Å². The summed E-state index contributed by atoms with van der Waals surface area (Å²) in [7, 11) is 3.61. The monoisotopic (exact) mass is 400 g/mol. The predicted molar refractivity (Wildman–Crippen MR) is 119 cm³/mol. The number of amides is 1. The summed E-state index contributed by atoms with van der Waals surface area (Å²) < 4.78 is 7.16. The molecular weight excluding hydrogens is 376 g/mol. The van der Waals surface area contributed by atoms with Crippen LogP contribution in [0.2, 0.25) is 0 Å². The molecule has 3 aromatic carbocycles. The molecule has 4 rings (SSSR count). The first-order valence-corrected chi connectivity index (χ1v) is 9.84. The fraction of sp³-hybridized carbons (Fsp3) is 0.167. The Morgan fingerprint density at radius 1 is 1.03 bits per heavy atom. The molecule has 6 nitrogen and oxygen atoms in total. The molecule has 0 aliphatic carbocycles. The average molecular weight is 400 g/mol. The van der Waals surface area contributed by atoms with Crippen molar-refractivity contribution in [3.05, 3.63) is 83.9 Å². The van der Waals surface area contributed by atoms with Crippen LogP contribution < -0.4 is 15.4 Å². The highest BCUT2D eigenvalue weighted by Gasteiger charge is 2.10. The summed E-state index contributed by atoms with van der Waals surface area (Å²) in [5, 5.41) is 6.29. The van der Waals surface area contributed by atoms with Gasteiger partial charge in [-0.05, 0) is 54.4 Å². The van der Waals surface area contributed by atoms with Gasteiger partial charge in [0.25, 0.3) is 5.91 Å². The van der Waals surface area contributed by atoms with Crippen LogP contribution in [0, 0.1) is 0 Å². The molecule has 0 spiro atoms. The van der Waals surface area contributed by atoms with Gasteiger partial charge in [0.1, 0.15) is 5.75 Å². The van der Waals surface area contributed by atoms with Crippen molar-refractivity contribution in [2.24, 2.45) is 7.05 Å². The molecule has 0 atom stereocenters. The van der Waals surface area contributed by atoms with Gasteiger partial charge in [-0.25, -0.2) is 4.98 Å². The van der Waals surface area contributed by atoms with Gasteiger partial charge in [-0.3, -0.25) is 4.79 Å². The van der Waals surface area contributed by atoms with Gasteiger partial charge in [0.15, 0.2) is 0 Å². The lowest BCUT2D eigenvalue weighted by Gasteiger charge is -2.09. The number of nitrogens with zero attached hydrogens (tertiary/aromatic N) is 2. The number of carbonyl (C=O) groups excluding carboxylic acids is 1. The Kier molecular flexibility index (Phi) is 5.66. The molecule has 0 aliphatic heterocycles. The minimum atomic E-state index is -0.0998. The fourth-order valence-electron chi connectivity index (χ4n) is 3.34. The van der Waals surface area contributed by atoms with E-state index in [4.69, 9.17) is 4.74 Å². The molecule has 0 aliphatic rings. The summed E-state index contributed by atoms with van der Waals surface area (Å²) in [6, 6.07) is 23.3. The van der Waals surface area contributed by atoms with E-state index in [2.05, 4.69) is 15.6 Å². The Morgan fingerprint density at radius 3 is 2.60 bits per heavy atom. The second-order valence-electron chi connectivity index (χ2n) is 7.04. The Labute approximate surface area is 175 Å². The number of nitrogens with one attached hydrogen (secondary N) is 2. The largest absolute Gasteiger partial charge is 0.497 e. The normalized spacial score (nSPS) is 10.7. The zero-order valence-corrected chi connectivity index (χ0v) is 17.1. The zero-order valence-electron chi connectivity index (χ0n) is 17.1. The Hall–Kier alpha value is -3.80. The highest BCUT2D eigenvalue weighted by Crippen LogP contribution is 2.22. The molecule has 2 N–H and O–H groups in total. The number of benzene rings is 3. The zero-order chi connectivity index (χ0) is 20.9. The summed E-state index contributed by atoms with van der Waals surface area (Å²) in [5.41, 5.74) is 4.54. The van der Waals surface area contributed by atoms with E-state index in [0.29, 0.717) is 12.1 Å². The van der Waals surface area contributed by atoms with Gasteiger partial charge in [0.05, 0.1) is 18.1 Å². The lowest BCUT2D eigenvalue weighted by molar-refractivity contribution is 0.0954. The molecule has 30 heavy (non-hydrogen) atoms. The summed E-state index contributed by atoms with van der Waals surface area (Å²) in [4.78, 5) is 17.2. The van der Waals surface area contributed by atoms with Crippen molar-refractivity contribution >= 4 is 28.6 Å². The van der Waals surface area contributed by atoms with E-state index < -0.39 is 0 Å². The van der Waals surface area contributed by atoms with Crippen LogP contribution in [0.1, 0.15) is 15.9 Å². The molecule has 0 saturated carbocycles. The first kappa shape index (κ1) is 19.5. The second-order valence-corrected chi connectivity index (χ2v) is 7.04. The van der Waals surface area contributed by atoms with Gasteiger partial charge in [0.2, 0.25) is 5.95 Å². The number of hydrogen-bond acceptors (Lipinski definition) is 4. The van der Waals surface area contributed by atoms with E-state index in [9.17, 15) is 4.79 Å². The van der Waals surface area contributed by atoms with Gasteiger partial charge in [-0.15, -0.1) is 0 Å². The third-order valence-corrected chi connectivity index (χ3v) is 5.03. The number of anilines is 2. The van der Waals surface area contributed by atoms with E-state index in [1.165, 1.54) is 0 Å². The third kappa shape index (κ3) is 4.27. The predicted octanol–water partition coefficient (Wildman–Crippen LogP) is 4.30. The van der Waals surface area contributed by atoms with Gasteiger partial charge in [-0.1, -0.05) is 30.3 Å². The van der Waals surface area contributed by atoms with Crippen LogP contribution >= 0.6 is 0 Å². The van der Waals surface area contributed by atoms with Gasteiger partial charge in [-0.2, -0.15) is 0 Å². The molecule has 4 aromatic rings. The van der Waals surface area contributed by atoms with Gasteiger partial charge >= 0.3 is 0 Å². The number of rotatable bonds is 7. The first-order valence-electron chi connectivity index (χ1n) is 9.84. The van der Waals surface area contributed by atoms with Gasteiger partial charge < -0.3 is 19.9 Å². The lowest BCUT2D eigenvalue weighted by Crippen LogP contribution is -2.25. The Balaban J connectivity index is 1.39. The molecule has 6 heteroatoms. The molecule has 0 fully saturated rings. The highest BCUT2D eigenvalue weighted by atomic mass is 16.5. The van der Waals surface area contributed by atoms with Crippen molar-refractivity contribution < 1.29 is 9.53 Å². The standard InChI is InChI=1S/C24H24N4O2/c1-28-22-9-4-3-8-21(22)27-24(28)26-19-7-5-6-18(16-19)23(29)25-15-14-17-10-12-20(30-2)13-11-17/h3-13,16H,14-15H2,1-2H3,(H,25,29)(H,26,27). The van der Waals surface area contributed by atoms with Crippen LogP contribution in [-0.2, 0) is 13.5 Å². The van der Waals surface area contributed by atoms with Crippen LogP contribution in [0.15, 0.2) is 72.8 Å². The smallest absolute Gasteiger partial charge is 0.251 e. The Bertz CT molecular complexity index is 1170. The highest BCUT2D eigenvalue weighted by molar-refractivity contribution is 5.95. The first-order chi connectivity index (χ1) is 14.6. The molecule has 1 heterocycles. The summed E-state index contributed by atoms with van der Waals surface area (Å²) >= 11 is 0. The number of imidazole rings is 1. The maximum Gasteiger partial charge on any atom is 0.251 e. The molecule has 152 valence electrons. The van der Waals surface area contributed by atoms with Crippen molar-refractivity contribution in [3.8, 4) is 5.75 Å². The van der Waals surface area contributed by atoms with Crippen molar-refractivity contribution in [1.29, 1.82) is 0 Å². The van der Waals surface area contributed by atoms with Crippen LogP contribution in [0.25, 0.3) is 11.0 Å². The molecule has 0 unspecified atom stereocenters. The number of para-hydroxylation sites is 2. The average Bonchev–Trinajstić information content (AvgIpc) is 3.10. The number of hydrogen-bond donors (Lipinski definition) is 2. The fourth-order valence-corrected chi connectivity index (χ4v) is 3.34. The molecule has 0 saturated heterocycles. The number of aromatic nitrogens is 2. The van der Waals surface area contributed by atoms with Crippen LogP contribution in [-0.4, -0.2) is 29.1 Å². The minimum absolute atomic E-state index is 0.0998. The van der Waals surface area contributed by atoms with E-state index in [1.807, 2.05) is 84.4 Å². The number of fused-ring (bicyclic) bond motifs is 1. The summed E-state index contributed by atoms with van der Waals surface area (Å²) in [5.74, 6) is 1.46. The third-order valence-electron chi connectivity index (χ3n) is 5.03. The molecule has 1 aromatic heterocycles. The van der Waals surface area contributed by atoms with Crippen molar-refractivity contribution in [2.45, 2.75) is 6.42 Å². The van der Waals surface area contributed by atoms with Crippen LogP contribution in [0.4, 0.5) is 11.6 Å². The van der Waals surface area contributed by atoms with E-state index in [0.717, 1.165) is 40.4 Å². The number of carbonyl (C=O) groups is 1. The molecule has 1 amide bonds. The van der Waals surface area contributed by atoms with E-state index in [1.54, 1.807) is 7.11 Å². The molecule has 0 radical (unpaired) electrons. The molecular formula is C24H24N4O2. The second kappa shape index (κ2) is 8.69. The maximum absolute atomic E-state index is 12.6. The SMILES string of the molecule is COc1ccc(CCNC(=O)c2cccc(Nc3nc4ccccc4n3C)c2)cc1. The maximum atomic E-state index is 12.6. The van der Waals surface area contributed by atoms with Crippen LogP contribution in [0.3, 0.4) is 0 Å². The van der Waals surface area contributed by atoms with E-state index in [-0.39, 0.29) is 5.91 Å². The summed E-state index contributed by atoms with van der Waals surface area (Å²) in [6.07, 6.45) is 0.757. The number of methoxy groups -OCH3 is 1. The van der Waals surface area contributed by atoms with Crippen molar-refractivity contribution in [1.82, 2.24) is 14.9 Å². The Morgan fingerprint density at radius 2 is 1.83 bits per heavy atom. The quantitative estimate of drug-likeness (QED) is 0.485. The summed E-state index contributed by atoms with van der Waals surface area (Å²) in [6.45, 7) is 0.563. The van der Waals surface area contributed by atoms with Crippen LogP contribution in [0.5, 0.6) is 5.75 Å². The number of aryl methyl sites for hydroxylation is 1. The minimum Gasteiger partial charge on any atom is -0.497 e. The van der Waals surface area contributed by atoms with E-state index >= 15 is 0 Å².